The number of aromatic nitrogens is 1. The Morgan fingerprint density at radius 1 is 1.36 bits per heavy atom. The number of anilines is 1. The Labute approximate surface area is 70.2 Å². The average molecular weight is 173 g/mol. The van der Waals surface area contributed by atoms with Gasteiger partial charge < -0.3 is 10.3 Å². The first-order valence-electron chi connectivity index (χ1n) is 3.32. The van der Waals surface area contributed by atoms with E-state index in [9.17, 15) is 4.79 Å². The van der Waals surface area contributed by atoms with E-state index in [4.69, 9.17) is 0 Å². The van der Waals surface area contributed by atoms with Gasteiger partial charge in [0.1, 0.15) is 5.82 Å². The monoisotopic (exact) mass is 172 g/mol. The molecular weight excluding hydrogens is 164 g/mol. The van der Waals surface area contributed by atoms with Gasteiger partial charge in [0.15, 0.2) is 0 Å². The molecule has 1 aromatic heterocycles. The van der Waals surface area contributed by atoms with Gasteiger partial charge in [-0.05, 0) is 18.1 Å². The molecule has 4 heteroatoms. The summed E-state index contributed by atoms with van der Waals surface area (Å²) in [6, 6.07) is 3.43. The highest BCUT2D eigenvalue weighted by Gasteiger charge is 2.08. The molecule has 0 unspecified atom stereocenters. The molecule has 0 aliphatic carbocycles. The summed E-state index contributed by atoms with van der Waals surface area (Å²) in [5.41, 5.74) is 1.17. The van der Waals surface area contributed by atoms with Crippen molar-refractivity contribution in [2.24, 2.45) is 0 Å². The van der Waals surface area contributed by atoms with E-state index in [2.05, 4.69) is 10.3 Å². The van der Waals surface area contributed by atoms with E-state index in [-0.39, 0.29) is 18.0 Å². The average Bonchev–Trinajstić information content (AvgIpc) is 2.33. The molecule has 1 aliphatic rings. The van der Waals surface area contributed by atoms with Crippen LogP contribution in [0.1, 0.15) is 5.56 Å². The van der Waals surface area contributed by atoms with Crippen molar-refractivity contribution in [1.29, 1.82) is 0 Å². The Bertz CT molecular complexity index is 308. The number of hydrogen-bond acceptors (Lipinski definition) is 2. The Morgan fingerprint density at radius 3 is 3.00 bits per heavy atom. The largest absolute Gasteiger partial charge is 0.371 e. The van der Waals surface area contributed by atoms with Crippen molar-refractivity contribution in [2.75, 3.05) is 11.9 Å². The van der Waals surface area contributed by atoms with E-state index < -0.39 is 0 Å². The summed E-state index contributed by atoms with van der Waals surface area (Å²) in [7, 11) is 0. The summed E-state index contributed by atoms with van der Waals surface area (Å²) in [5, 5.41) is 3.09. The van der Waals surface area contributed by atoms with E-state index in [1.54, 1.807) is 6.07 Å². The lowest BCUT2D eigenvalue weighted by Gasteiger charge is -1.95. The number of fused-ring (bicyclic) bond motifs is 1. The smallest absolute Gasteiger partial charge is 0.249 e. The quantitative estimate of drug-likeness (QED) is 0.607. The van der Waals surface area contributed by atoms with E-state index in [1.807, 2.05) is 6.07 Å². The molecule has 11 heavy (non-hydrogen) atoms. The number of H-pyrrole nitrogens is 1. The first kappa shape index (κ1) is 8.14. The normalized spacial score (nSPS) is 13.1. The van der Waals surface area contributed by atoms with Gasteiger partial charge in [-0.1, -0.05) is 0 Å². The fourth-order valence-corrected chi connectivity index (χ4v) is 1.19. The SMILES string of the molecule is Cl.O=c1ccc2c([nH]1)NCC2. The van der Waals surface area contributed by atoms with Crippen LogP contribution in [0.15, 0.2) is 16.9 Å². The lowest BCUT2D eigenvalue weighted by atomic mass is 10.2. The van der Waals surface area contributed by atoms with Gasteiger partial charge >= 0.3 is 0 Å². The van der Waals surface area contributed by atoms with Crippen molar-refractivity contribution < 1.29 is 0 Å². The number of aromatic amines is 1. The van der Waals surface area contributed by atoms with Gasteiger partial charge in [0, 0.05) is 12.6 Å². The molecule has 1 aromatic rings. The van der Waals surface area contributed by atoms with Crippen LogP contribution in [0, 0.1) is 0 Å². The molecule has 0 atom stereocenters. The zero-order chi connectivity index (χ0) is 6.97. The maximum atomic E-state index is 10.7. The molecule has 3 nitrogen and oxygen atoms in total. The van der Waals surface area contributed by atoms with E-state index in [1.165, 1.54) is 5.56 Å². The number of hydrogen-bond donors (Lipinski definition) is 2. The van der Waals surface area contributed by atoms with E-state index >= 15 is 0 Å². The Hall–Kier alpha value is -0.960. The van der Waals surface area contributed by atoms with Crippen LogP contribution >= 0.6 is 12.4 Å². The predicted octanol–water partition coefficient (Wildman–Crippen LogP) is 0.765. The van der Waals surface area contributed by atoms with Crippen LogP contribution in [-0.2, 0) is 6.42 Å². The molecule has 0 amide bonds. The predicted molar refractivity (Wildman–Crippen MR) is 46.5 cm³/mol. The second-order valence-corrected chi connectivity index (χ2v) is 2.40. The topological polar surface area (TPSA) is 44.9 Å². The van der Waals surface area contributed by atoms with Crippen molar-refractivity contribution in [3.63, 3.8) is 0 Å². The van der Waals surface area contributed by atoms with Crippen molar-refractivity contribution in [3.05, 3.63) is 28.0 Å². The molecule has 0 radical (unpaired) electrons. The molecule has 0 aromatic carbocycles. The number of halogens is 1. The van der Waals surface area contributed by atoms with Crippen molar-refractivity contribution in [1.82, 2.24) is 4.98 Å². The molecule has 0 saturated carbocycles. The third-order valence-electron chi connectivity index (χ3n) is 1.70. The van der Waals surface area contributed by atoms with Gasteiger partial charge in [-0.2, -0.15) is 0 Å². The summed E-state index contributed by atoms with van der Waals surface area (Å²) in [5.74, 6) is 0.896. The molecule has 60 valence electrons. The van der Waals surface area contributed by atoms with Gasteiger partial charge in [-0.15, -0.1) is 12.4 Å². The molecule has 1 aliphatic heterocycles. The second kappa shape index (κ2) is 2.96. The van der Waals surface area contributed by atoms with Crippen LogP contribution in [0.25, 0.3) is 0 Å². The number of nitrogens with one attached hydrogen (secondary N) is 2. The minimum atomic E-state index is -0.0341. The molecule has 0 saturated heterocycles. The highest BCUT2D eigenvalue weighted by molar-refractivity contribution is 5.85. The summed E-state index contributed by atoms with van der Waals surface area (Å²) in [4.78, 5) is 13.5. The second-order valence-electron chi connectivity index (χ2n) is 2.40. The highest BCUT2D eigenvalue weighted by atomic mass is 35.5. The first-order chi connectivity index (χ1) is 4.86. The lowest BCUT2D eigenvalue weighted by molar-refractivity contribution is 1.11. The molecule has 0 fully saturated rings. The number of pyridine rings is 1. The van der Waals surface area contributed by atoms with Crippen molar-refractivity contribution in [3.8, 4) is 0 Å². The van der Waals surface area contributed by atoms with E-state index in [0.717, 1.165) is 18.8 Å². The van der Waals surface area contributed by atoms with Crippen LogP contribution in [0.3, 0.4) is 0 Å². The third-order valence-corrected chi connectivity index (χ3v) is 1.70. The van der Waals surface area contributed by atoms with Crippen LogP contribution in [0.5, 0.6) is 0 Å². The highest BCUT2D eigenvalue weighted by Crippen LogP contribution is 2.15. The molecule has 0 spiro atoms. The van der Waals surface area contributed by atoms with Crippen molar-refractivity contribution >= 4 is 18.2 Å². The van der Waals surface area contributed by atoms with Gasteiger partial charge in [0.05, 0.1) is 0 Å². The minimum absolute atomic E-state index is 0. The summed E-state index contributed by atoms with van der Waals surface area (Å²) in [6.07, 6.45) is 1.02. The first-order valence-corrected chi connectivity index (χ1v) is 3.32. The van der Waals surface area contributed by atoms with E-state index in [0.29, 0.717) is 0 Å². The lowest BCUT2D eigenvalue weighted by Crippen LogP contribution is -2.05. The minimum Gasteiger partial charge on any atom is -0.371 e. The zero-order valence-electron chi connectivity index (χ0n) is 5.89. The summed E-state index contributed by atoms with van der Waals surface area (Å²) < 4.78 is 0. The van der Waals surface area contributed by atoms with Crippen LogP contribution < -0.4 is 10.9 Å². The number of rotatable bonds is 0. The van der Waals surface area contributed by atoms with Crippen LogP contribution in [-0.4, -0.2) is 11.5 Å². The third kappa shape index (κ3) is 1.38. The Kier molecular flexibility index (Phi) is 2.19. The maximum Gasteiger partial charge on any atom is 0.249 e. The Balaban J connectivity index is 0.000000605. The maximum absolute atomic E-state index is 10.7. The van der Waals surface area contributed by atoms with Crippen LogP contribution in [0.2, 0.25) is 0 Å². The summed E-state index contributed by atoms with van der Waals surface area (Å²) >= 11 is 0. The molecule has 2 rings (SSSR count). The van der Waals surface area contributed by atoms with Gasteiger partial charge in [0.25, 0.3) is 0 Å². The standard InChI is InChI=1S/C7H8N2O.ClH/c10-6-2-1-5-3-4-8-7(5)9-6;/h1-2H,3-4H2,(H2,8,9,10);1H. The molecule has 2 heterocycles. The fraction of sp³-hybridized carbons (Fsp3) is 0.286. The molecule has 2 N–H and O–H groups in total. The Morgan fingerprint density at radius 2 is 2.18 bits per heavy atom. The molecular formula is C7H9ClN2O. The van der Waals surface area contributed by atoms with Crippen molar-refractivity contribution in [2.45, 2.75) is 6.42 Å². The molecule has 0 bridgehead atoms. The van der Waals surface area contributed by atoms with Crippen LogP contribution in [0.4, 0.5) is 5.82 Å². The summed E-state index contributed by atoms with van der Waals surface area (Å²) in [6.45, 7) is 0.940. The van der Waals surface area contributed by atoms with Gasteiger partial charge in [-0.3, -0.25) is 4.79 Å². The van der Waals surface area contributed by atoms with Gasteiger partial charge in [-0.25, -0.2) is 0 Å². The zero-order valence-corrected chi connectivity index (χ0v) is 6.70. The fourth-order valence-electron chi connectivity index (χ4n) is 1.19. The van der Waals surface area contributed by atoms with Gasteiger partial charge in [0.2, 0.25) is 5.56 Å².